The molecule has 27 heavy (non-hydrogen) atoms. The van der Waals surface area contributed by atoms with Crippen LogP contribution in [-0.2, 0) is 5.41 Å². The molecule has 0 amide bonds. The van der Waals surface area contributed by atoms with Crippen LogP contribution in [0.25, 0.3) is 0 Å². The molecule has 3 rings (SSSR count). The summed E-state index contributed by atoms with van der Waals surface area (Å²) in [5, 5.41) is 0. The Labute approximate surface area is 164 Å². The Bertz CT molecular complexity index is 782. The highest BCUT2D eigenvalue weighted by molar-refractivity contribution is 5.78. The molecule has 0 aromatic heterocycles. The quantitative estimate of drug-likeness (QED) is 0.369. The van der Waals surface area contributed by atoms with Gasteiger partial charge in [0.05, 0.1) is 0 Å². The van der Waals surface area contributed by atoms with Gasteiger partial charge in [-0.1, -0.05) is 94.6 Å². The molecule has 0 heterocycles. The van der Waals surface area contributed by atoms with Gasteiger partial charge in [-0.15, -0.1) is 0 Å². The molecule has 3 aromatic rings. The monoisotopic (exact) mass is 357 g/mol. The van der Waals surface area contributed by atoms with Crippen molar-refractivity contribution < 1.29 is 0 Å². The number of hydrogen-bond donors (Lipinski definition) is 0. The fourth-order valence-electron chi connectivity index (χ4n) is 3.77. The van der Waals surface area contributed by atoms with Crippen LogP contribution >= 0.6 is 0 Å². The van der Waals surface area contributed by atoms with Crippen molar-refractivity contribution >= 4 is 17.1 Å². The van der Waals surface area contributed by atoms with Crippen LogP contribution in [0.4, 0.5) is 17.1 Å². The van der Waals surface area contributed by atoms with E-state index in [1.54, 1.807) is 0 Å². The van der Waals surface area contributed by atoms with E-state index in [0.717, 1.165) is 0 Å². The zero-order valence-electron chi connectivity index (χ0n) is 16.9. The Morgan fingerprint density at radius 3 is 1.74 bits per heavy atom. The Morgan fingerprint density at radius 1 is 0.667 bits per heavy atom. The number of unbranched alkanes of at least 4 members (excludes halogenated alkanes) is 2. The van der Waals surface area contributed by atoms with E-state index in [-0.39, 0.29) is 5.41 Å². The standard InChI is InChI=1S/C26H31N/c1-4-5-14-21-26(2,3)24-19-12-13-20-25(24)27(22-15-8-6-9-16-22)23-17-10-7-11-18-23/h6-13,15-20H,4-5,14,21H2,1-3H3. The van der Waals surface area contributed by atoms with Gasteiger partial charge in [-0.05, 0) is 47.7 Å². The molecule has 0 aliphatic carbocycles. The molecule has 1 nitrogen and oxygen atoms in total. The summed E-state index contributed by atoms with van der Waals surface area (Å²) in [6.07, 6.45) is 5.04. The Balaban J connectivity index is 2.09. The van der Waals surface area contributed by atoms with Crippen LogP contribution in [0.1, 0.15) is 52.0 Å². The molecule has 3 aromatic carbocycles. The van der Waals surface area contributed by atoms with Gasteiger partial charge in [0.1, 0.15) is 0 Å². The smallest absolute Gasteiger partial charge is 0.0499 e. The summed E-state index contributed by atoms with van der Waals surface area (Å²) in [7, 11) is 0. The zero-order valence-corrected chi connectivity index (χ0v) is 16.9. The molecule has 0 bridgehead atoms. The highest BCUT2D eigenvalue weighted by atomic mass is 15.1. The van der Waals surface area contributed by atoms with Crippen molar-refractivity contribution in [1.29, 1.82) is 0 Å². The molecule has 0 fully saturated rings. The van der Waals surface area contributed by atoms with Crippen LogP contribution < -0.4 is 4.90 Å². The van der Waals surface area contributed by atoms with Gasteiger partial charge < -0.3 is 4.90 Å². The maximum absolute atomic E-state index is 2.39. The van der Waals surface area contributed by atoms with E-state index in [9.17, 15) is 0 Å². The fraction of sp³-hybridized carbons (Fsp3) is 0.308. The first-order valence-corrected chi connectivity index (χ1v) is 10.1. The molecule has 0 saturated carbocycles. The molecule has 140 valence electrons. The van der Waals surface area contributed by atoms with Crippen LogP contribution in [-0.4, -0.2) is 0 Å². The third-order valence-corrected chi connectivity index (χ3v) is 5.31. The molecule has 0 spiro atoms. The first-order valence-electron chi connectivity index (χ1n) is 10.1. The summed E-state index contributed by atoms with van der Waals surface area (Å²) in [5.41, 5.74) is 5.21. The number of para-hydroxylation sites is 3. The fourth-order valence-corrected chi connectivity index (χ4v) is 3.77. The lowest BCUT2D eigenvalue weighted by molar-refractivity contribution is 0.451. The average molecular weight is 358 g/mol. The van der Waals surface area contributed by atoms with Crippen LogP contribution in [0.3, 0.4) is 0 Å². The van der Waals surface area contributed by atoms with Gasteiger partial charge in [0.15, 0.2) is 0 Å². The van der Waals surface area contributed by atoms with Crippen LogP contribution in [0.5, 0.6) is 0 Å². The van der Waals surface area contributed by atoms with Gasteiger partial charge in [0, 0.05) is 17.1 Å². The van der Waals surface area contributed by atoms with Crippen LogP contribution in [0.2, 0.25) is 0 Å². The first kappa shape index (κ1) is 19.2. The SMILES string of the molecule is CCCCCC(C)(C)c1ccccc1N(c1ccccc1)c1ccccc1. The Kier molecular flexibility index (Phi) is 6.34. The van der Waals surface area contributed by atoms with Gasteiger partial charge in [-0.2, -0.15) is 0 Å². The summed E-state index contributed by atoms with van der Waals surface area (Å²) >= 11 is 0. The second-order valence-corrected chi connectivity index (χ2v) is 7.86. The third-order valence-electron chi connectivity index (χ3n) is 5.31. The minimum absolute atomic E-state index is 0.133. The van der Waals surface area contributed by atoms with Crippen molar-refractivity contribution in [2.24, 2.45) is 0 Å². The molecule has 0 aliphatic rings. The number of hydrogen-bond acceptors (Lipinski definition) is 1. The van der Waals surface area contributed by atoms with Gasteiger partial charge >= 0.3 is 0 Å². The topological polar surface area (TPSA) is 3.24 Å². The van der Waals surface area contributed by atoms with E-state index in [0.29, 0.717) is 0 Å². The van der Waals surface area contributed by atoms with Crippen molar-refractivity contribution in [3.05, 3.63) is 90.5 Å². The highest BCUT2D eigenvalue weighted by Crippen LogP contribution is 2.42. The predicted molar refractivity (Wildman–Crippen MR) is 118 cm³/mol. The number of rotatable bonds is 8. The molecule has 0 aliphatic heterocycles. The molecule has 0 N–H and O–H groups in total. The summed E-state index contributed by atoms with van der Waals surface area (Å²) in [6.45, 7) is 7.04. The second-order valence-electron chi connectivity index (χ2n) is 7.86. The summed E-state index contributed by atoms with van der Waals surface area (Å²) in [5.74, 6) is 0. The summed E-state index contributed by atoms with van der Waals surface area (Å²) < 4.78 is 0. The molecular weight excluding hydrogens is 326 g/mol. The van der Waals surface area contributed by atoms with Crippen LogP contribution in [0, 0.1) is 0 Å². The second kappa shape index (κ2) is 8.90. The molecule has 0 unspecified atom stereocenters. The largest absolute Gasteiger partial charge is 0.310 e. The summed E-state index contributed by atoms with van der Waals surface area (Å²) in [4.78, 5) is 2.39. The maximum atomic E-state index is 2.39. The number of anilines is 3. The lowest BCUT2D eigenvalue weighted by Crippen LogP contribution is -2.22. The lowest BCUT2D eigenvalue weighted by atomic mass is 9.78. The van der Waals surface area contributed by atoms with Crippen molar-refractivity contribution in [2.75, 3.05) is 4.90 Å². The van der Waals surface area contributed by atoms with Crippen molar-refractivity contribution in [2.45, 2.75) is 51.9 Å². The van der Waals surface area contributed by atoms with Crippen molar-refractivity contribution in [1.82, 2.24) is 0 Å². The average Bonchev–Trinajstić information content (AvgIpc) is 2.70. The van der Waals surface area contributed by atoms with Gasteiger partial charge in [0.2, 0.25) is 0 Å². The van der Waals surface area contributed by atoms with Gasteiger partial charge in [0.25, 0.3) is 0 Å². The molecular formula is C26H31N. The molecule has 0 radical (unpaired) electrons. The summed E-state index contributed by atoms with van der Waals surface area (Å²) in [6, 6.07) is 30.2. The van der Waals surface area contributed by atoms with Crippen molar-refractivity contribution in [3.8, 4) is 0 Å². The molecule has 1 heteroatoms. The molecule has 0 atom stereocenters. The Hall–Kier alpha value is -2.54. The minimum atomic E-state index is 0.133. The van der Waals surface area contributed by atoms with E-state index < -0.39 is 0 Å². The van der Waals surface area contributed by atoms with E-state index >= 15 is 0 Å². The zero-order chi connectivity index (χ0) is 19.1. The predicted octanol–water partition coefficient (Wildman–Crippen LogP) is 8.01. The normalized spacial score (nSPS) is 11.4. The van der Waals surface area contributed by atoms with E-state index in [1.807, 2.05) is 0 Å². The van der Waals surface area contributed by atoms with Crippen LogP contribution in [0.15, 0.2) is 84.9 Å². The third kappa shape index (κ3) is 4.60. The number of benzene rings is 3. The van der Waals surface area contributed by atoms with E-state index in [1.165, 1.54) is 48.3 Å². The Morgan fingerprint density at radius 2 is 1.19 bits per heavy atom. The lowest BCUT2D eigenvalue weighted by Gasteiger charge is -2.34. The maximum Gasteiger partial charge on any atom is 0.0499 e. The van der Waals surface area contributed by atoms with E-state index in [2.05, 4.69) is 111 Å². The molecule has 0 saturated heterocycles. The van der Waals surface area contributed by atoms with Gasteiger partial charge in [-0.3, -0.25) is 0 Å². The number of nitrogens with zero attached hydrogens (tertiary/aromatic N) is 1. The van der Waals surface area contributed by atoms with Crippen molar-refractivity contribution in [3.63, 3.8) is 0 Å². The van der Waals surface area contributed by atoms with Gasteiger partial charge in [-0.25, -0.2) is 0 Å². The first-order chi connectivity index (χ1) is 13.1. The minimum Gasteiger partial charge on any atom is -0.310 e. The van der Waals surface area contributed by atoms with E-state index in [4.69, 9.17) is 0 Å². The highest BCUT2D eigenvalue weighted by Gasteiger charge is 2.26.